The number of allylic oxidation sites excluding steroid dienone is 6. The first-order chi connectivity index (χ1) is 22.7. The van der Waals surface area contributed by atoms with Crippen LogP contribution in [0.3, 0.4) is 0 Å². The highest BCUT2D eigenvalue weighted by Crippen LogP contribution is 2.52. The van der Waals surface area contributed by atoms with E-state index in [1.807, 2.05) is 31.2 Å². The number of hydrogen-bond donors (Lipinski definition) is 0. The fourth-order valence-corrected chi connectivity index (χ4v) is 7.59. The van der Waals surface area contributed by atoms with Gasteiger partial charge in [-0.1, -0.05) is 116 Å². The van der Waals surface area contributed by atoms with E-state index < -0.39 is 0 Å². The molecule has 218 valence electrons. The Morgan fingerprint density at radius 2 is 1.67 bits per heavy atom. The normalized spacial score (nSPS) is 13.6. The van der Waals surface area contributed by atoms with Crippen molar-refractivity contribution in [3.05, 3.63) is 151 Å². The third-order valence-electron chi connectivity index (χ3n) is 9.46. The summed E-state index contributed by atoms with van der Waals surface area (Å²) >= 11 is 0. The highest BCUT2D eigenvalue weighted by molar-refractivity contribution is 6.21. The Kier molecular flexibility index (Phi) is 6.01. The molecule has 46 heavy (non-hydrogen) atoms. The predicted molar refractivity (Wildman–Crippen MR) is 194 cm³/mol. The number of hydrogen-bond acceptors (Lipinski definition) is 2. The number of aryl methyl sites for hydroxylation is 1. The molecule has 0 saturated carbocycles. The lowest BCUT2D eigenvalue weighted by molar-refractivity contribution is 0.968. The van der Waals surface area contributed by atoms with E-state index in [1.54, 1.807) is 6.08 Å². The van der Waals surface area contributed by atoms with Crippen LogP contribution in [0.15, 0.2) is 134 Å². The molecule has 0 N–H and O–H groups in total. The van der Waals surface area contributed by atoms with Gasteiger partial charge in [-0.2, -0.15) is 0 Å². The number of fused-ring (bicyclic) bond motifs is 8. The highest BCUT2D eigenvalue weighted by Gasteiger charge is 2.28. The van der Waals surface area contributed by atoms with Crippen LogP contribution in [-0.2, 0) is 6.42 Å². The molecule has 2 aliphatic carbocycles. The average molecular weight is 590 g/mol. The minimum absolute atomic E-state index is 0.688. The second-order valence-electron chi connectivity index (χ2n) is 12.1. The zero-order valence-electron chi connectivity index (χ0n) is 25.7. The first kappa shape index (κ1) is 26.6. The molecule has 0 fully saturated rings. The smallest absolute Gasteiger partial charge is 0.160 e. The lowest BCUT2D eigenvalue weighted by Crippen LogP contribution is -2.02. The molecule has 0 atom stereocenters. The zero-order valence-corrected chi connectivity index (χ0v) is 25.7. The molecule has 2 aromatic heterocycles. The Balaban J connectivity index is 1.33. The van der Waals surface area contributed by atoms with Gasteiger partial charge in [0.05, 0.1) is 16.7 Å². The van der Waals surface area contributed by atoms with E-state index in [-0.39, 0.29) is 0 Å². The van der Waals surface area contributed by atoms with Crippen molar-refractivity contribution in [2.45, 2.75) is 19.8 Å². The van der Waals surface area contributed by atoms with Crippen LogP contribution in [-0.4, -0.2) is 14.5 Å². The highest BCUT2D eigenvalue weighted by atomic mass is 15.0. The molecule has 3 heteroatoms. The van der Waals surface area contributed by atoms with E-state index in [4.69, 9.17) is 9.97 Å². The van der Waals surface area contributed by atoms with Gasteiger partial charge < -0.3 is 4.57 Å². The van der Waals surface area contributed by atoms with Crippen molar-refractivity contribution in [2.24, 2.45) is 0 Å². The summed E-state index contributed by atoms with van der Waals surface area (Å²) in [6.07, 6.45) is 14.5. The minimum atomic E-state index is 0.688. The van der Waals surface area contributed by atoms with E-state index in [0.717, 1.165) is 46.3 Å². The van der Waals surface area contributed by atoms with E-state index in [0.29, 0.717) is 5.82 Å². The minimum Gasteiger partial charge on any atom is -0.309 e. The van der Waals surface area contributed by atoms with E-state index >= 15 is 0 Å². The van der Waals surface area contributed by atoms with Crippen molar-refractivity contribution in [1.29, 1.82) is 0 Å². The Labute approximate surface area is 268 Å². The molecule has 0 amide bonds. The lowest BCUT2D eigenvalue weighted by atomic mass is 9.97. The maximum atomic E-state index is 5.19. The molecule has 0 spiro atoms. The summed E-state index contributed by atoms with van der Waals surface area (Å²) < 4.78 is 2.50. The SMILES string of the molecule is C=C/C=C(\C=C/C)c1nc(-c2cccc(-n3c4c(c5ccc6c(c53)-c3cccc5cccc-6c35)CCC=C4)c2)c2ccccc2n1. The molecule has 5 aromatic carbocycles. The van der Waals surface area contributed by atoms with Crippen LogP contribution in [0.5, 0.6) is 0 Å². The van der Waals surface area contributed by atoms with Crippen LogP contribution in [0.4, 0.5) is 0 Å². The summed E-state index contributed by atoms with van der Waals surface area (Å²) in [4.78, 5) is 10.1. The molecule has 0 radical (unpaired) electrons. The van der Waals surface area contributed by atoms with Gasteiger partial charge in [0, 0.05) is 38.9 Å². The Morgan fingerprint density at radius 3 is 2.54 bits per heavy atom. The average Bonchev–Trinajstić information content (AvgIpc) is 3.62. The van der Waals surface area contributed by atoms with Crippen LogP contribution in [0.1, 0.15) is 30.4 Å². The van der Waals surface area contributed by atoms with Crippen LogP contribution >= 0.6 is 0 Å². The molecule has 2 heterocycles. The van der Waals surface area contributed by atoms with Gasteiger partial charge >= 0.3 is 0 Å². The fraction of sp³-hybridized carbons (Fsp3) is 0.0698. The zero-order chi connectivity index (χ0) is 30.8. The summed E-state index contributed by atoms with van der Waals surface area (Å²) in [5.41, 5.74) is 14.2. The van der Waals surface area contributed by atoms with Crippen LogP contribution in [0, 0.1) is 0 Å². The van der Waals surface area contributed by atoms with Crippen molar-refractivity contribution in [1.82, 2.24) is 14.5 Å². The van der Waals surface area contributed by atoms with Crippen LogP contribution in [0.25, 0.3) is 83.4 Å². The number of para-hydroxylation sites is 1. The molecule has 2 aliphatic rings. The van der Waals surface area contributed by atoms with E-state index in [1.165, 1.54) is 55.2 Å². The molecule has 7 aromatic rings. The van der Waals surface area contributed by atoms with E-state index in [9.17, 15) is 0 Å². The number of benzene rings is 5. The van der Waals surface area contributed by atoms with Crippen molar-refractivity contribution in [3.8, 4) is 39.2 Å². The summed E-state index contributed by atoms with van der Waals surface area (Å²) in [5.74, 6) is 0.688. The number of aromatic nitrogens is 3. The summed E-state index contributed by atoms with van der Waals surface area (Å²) in [5, 5.41) is 5.02. The van der Waals surface area contributed by atoms with Gasteiger partial charge in [-0.25, -0.2) is 9.97 Å². The number of nitrogens with zero attached hydrogens (tertiary/aromatic N) is 3. The summed E-state index contributed by atoms with van der Waals surface area (Å²) in [6.45, 7) is 5.94. The maximum Gasteiger partial charge on any atom is 0.160 e. The van der Waals surface area contributed by atoms with Crippen molar-refractivity contribution >= 4 is 44.2 Å². The van der Waals surface area contributed by atoms with Crippen molar-refractivity contribution in [2.75, 3.05) is 0 Å². The molecule has 3 nitrogen and oxygen atoms in total. The first-order valence-electron chi connectivity index (χ1n) is 16.0. The number of rotatable bonds is 5. The molecule has 0 bridgehead atoms. The topological polar surface area (TPSA) is 30.7 Å². The third kappa shape index (κ3) is 3.85. The Hall–Kier alpha value is -5.80. The van der Waals surface area contributed by atoms with Gasteiger partial charge in [-0.15, -0.1) is 0 Å². The Morgan fingerprint density at radius 1 is 0.826 bits per heavy atom. The maximum absolute atomic E-state index is 5.19. The van der Waals surface area contributed by atoms with Crippen LogP contribution in [0.2, 0.25) is 0 Å². The molecule has 0 aliphatic heterocycles. The van der Waals surface area contributed by atoms with Crippen LogP contribution < -0.4 is 0 Å². The van der Waals surface area contributed by atoms with E-state index in [2.05, 4.69) is 114 Å². The monoisotopic (exact) mass is 589 g/mol. The van der Waals surface area contributed by atoms with Gasteiger partial charge in [-0.3, -0.25) is 0 Å². The standard InChI is InChI=1S/C43H31N3/c1-3-12-28(13-4-2)43-44-37-22-7-5-19-35(37)41(45-43)29-16-9-17-30(26-29)46-38-23-8-6-18-31(38)34-25-24-33-32-20-10-14-27-15-11-21-36(39(27)32)40(33)42(34)46/h3-5,7-17,19-26H,1,6,18H2,2H3/b13-4-,28-12+. The molecule has 0 saturated heterocycles. The Bertz CT molecular complexity index is 2500. The van der Waals surface area contributed by atoms with Gasteiger partial charge in [-0.05, 0) is 77.1 Å². The second-order valence-corrected chi connectivity index (χ2v) is 12.1. The van der Waals surface area contributed by atoms with Crippen molar-refractivity contribution < 1.29 is 0 Å². The van der Waals surface area contributed by atoms with Crippen molar-refractivity contribution in [3.63, 3.8) is 0 Å². The third-order valence-corrected chi connectivity index (χ3v) is 9.46. The fourth-order valence-electron chi connectivity index (χ4n) is 7.59. The second kappa shape index (κ2) is 10.4. The molecular weight excluding hydrogens is 558 g/mol. The molecular formula is C43H31N3. The van der Waals surface area contributed by atoms with Gasteiger partial charge in [0.15, 0.2) is 5.82 Å². The van der Waals surface area contributed by atoms with Gasteiger partial charge in [0.25, 0.3) is 0 Å². The van der Waals surface area contributed by atoms with Gasteiger partial charge in [0.2, 0.25) is 0 Å². The first-order valence-corrected chi connectivity index (χ1v) is 16.0. The molecule has 9 rings (SSSR count). The predicted octanol–water partition coefficient (Wildman–Crippen LogP) is 11.1. The summed E-state index contributed by atoms with van der Waals surface area (Å²) in [6, 6.07) is 35.3. The quantitative estimate of drug-likeness (QED) is 0.187. The summed E-state index contributed by atoms with van der Waals surface area (Å²) in [7, 11) is 0. The van der Waals surface area contributed by atoms with Gasteiger partial charge in [0.1, 0.15) is 0 Å². The molecule has 0 unspecified atom stereocenters. The lowest BCUT2D eigenvalue weighted by Gasteiger charge is -2.16. The largest absolute Gasteiger partial charge is 0.309 e.